The van der Waals surface area contributed by atoms with Crippen LogP contribution in [-0.4, -0.2) is 38.8 Å². The van der Waals surface area contributed by atoms with Crippen LogP contribution < -0.4 is 20.1 Å². The fourth-order valence-corrected chi connectivity index (χ4v) is 2.79. The minimum atomic E-state index is 0. The summed E-state index contributed by atoms with van der Waals surface area (Å²) in [5.74, 6) is 1.60. The van der Waals surface area contributed by atoms with Gasteiger partial charge in [-0.05, 0) is 50.4 Å². The first-order valence-electron chi connectivity index (χ1n) is 7.87. The van der Waals surface area contributed by atoms with E-state index in [0.29, 0.717) is 18.9 Å². The second-order valence-electron chi connectivity index (χ2n) is 5.78. The van der Waals surface area contributed by atoms with Crippen molar-refractivity contribution in [3.8, 4) is 11.5 Å². The SMILES string of the molecule is COc1cc(CCC(=O)NC2CCCNC2C)cc(OC)c1.Cl. The number of nitrogens with one attached hydrogen (secondary N) is 2. The summed E-state index contributed by atoms with van der Waals surface area (Å²) in [5.41, 5.74) is 1.04. The van der Waals surface area contributed by atoms with Gasteiger partial charge in [-0.1, -0.05) is 0 Å². The molecular formula is C17H27ClN2O3. The second-order valence-corrected chi connectivity index (χ2v) is 5.78. The van der Waals surface area contributed by atoms with E-state index in [1.54, 1.807) is 14.2 Å². The van der Waals surface area contributed by atoms with Crippen molar-refractivity contribution in [2.75, 3.05) is 20.8 Å². The summed E-state index contributed by atoms with van der Waals surface area (Å²) in [6, 6.07) is 6.30. The molecule has 0 bridgehead atoms. The van der Waals surface area contributed by atoms with Crippen LogP contribution in [0.4, 0.5) is 0 Å². The van der Waals surface area contributed by atoms with Gasteiger partial charge in [0.25, 0.3) is 0 Å². The molecule has 1 aliphatic heterocycles. The molecule has 1 heterocycles. The Labute approximate surface area is 144 Å². The van der Waals surface area contributed by atoms with Crippen LogP contribution in [-0.2, 0) is 11.2 Å². The quantitative estimate of drug-likeness (QED) is 0.833. The molecular weight excluding hydrogens is 316 g/mol. The Morgan fingerprint density at radius 1 is 1.26 bits per heavy atom. The van der Waals surface area contributed by atoms with E-state index in [2.05, 4.69) is 17.6 Å². The molecule has 2 rings (SSSR count). The van der Waals surface area contributed by atoms with Crippen molar-refractivity contribution in [2.24, 2.45) is 0 Å². The predicted molar refractivity (Wildman–Crippen MR) is 93.7 cm³/mol. The highest BCUT2D eigenvalue weighted by molar-refractivity contribution is 5.85. The van der Waals surface area contributed by atoms with E-state index >= 15 is 0 Å². The van der Waals surface area contributed by atoms with E-state index in [9.17, 15) is 4.79 Å². The molecule has 5 nitrogen and oxygen atoms in total. The first kappa shape index (κ1) is 19.6. The highest BCUT2D eigenvalue weighted by Gasteiger charge is 2.22. The molecule has 1 amide bonds. The van der Waals surface area contributed by atoms with Gasteiger partial charge in [0.15, 0.2) is 0 Å². The Morgan fingerprint density at radius 3 is 2.48 bits per heavy atom. The van der Waals surface area contributed by atoms with Gasteiger partial charge in [0.05, 0.1) is 14.2 Å². The van der Waals surface area contributed by atoms with Gasteiger partial charge in [0.1, 0.15) is 11.5 Å². The molecule has 2 N–H and O–H groups in total. The number of piperidine rings is 1. The number of rotatable bonds is 6. The molecule has 2 unspecified atom stereocenters. The standard InChI is InChI=1S/C17H26N2O3.ClH/c1-12-16(5-4-8-18-12)19-17(20)7-6-13-9-14(21-2)11-15(10-13)22-3;/h9-12,16,18H,4-8H2,1-3H3,(H,19,20);1H. The number of carbonyl (C=O) groups is 1. The lowest BCUT2D eigenvalue weighted by atomic mass is 9.99. The lowest BCUT2D eigenvalue weighted by Gasteiger charge is -2.30. The molecule has 0 radical (unpaired) electrons. The van der Waals surface area contributed by atoms with Crippen molar-refractivity contribution < 1.29 is 14.3 Å². The van der Waals surface area contributed by atoms with Gasteiger partial charge in [-0.25, -0.2) is 0 Å². The Kier molecular flexibility index (Phi) is 8.20. The van der Waals surface area contributed by atoms with Crippen LogP contribution >= 0.6 is 12.4 Å². The van der Waals surface area contributed by atoms with E-state index in [1.807, 2.05) is 18.2 Å². The molecule has 1 aromatic rings. The minimum Gasteiger partial charge on any atom is -0.497 e. The smallest absolute Gasteiger partial charge is 0.220 e. The minimum absolute atomic E-state index is 0. The van der Waals surface area contributed by atoms with Gasteiger partial charge in [0, 0.05) is 24.6 Å². The Morgan fingerprint density at radius 2 is 1.91 bits per heavy atom. The molecule has 130 valence electrons. The molecule has 2 atom stereocenters. The lowest BCUT2D eigenvalue weighted by Crippen LogP contribution is -2.51. The van der Waals surface area contributed by atoms with Gasteiger partial charge in [-0.3, -0.25) is 4.79 Å². The lowest BCUT2D eigenvalue weighted by molar-refractivity contribution is -0.122. The van der Waals surface area contributed by atoms with Gasteiger partial charge >= 0.3 is 0 Å². The Hall–Kier alpha value is -1.46. The van der Waals surface area contributed by atoms with Crippen LogP contribution in [0.2, 0.25) is 0 Å². The summed E-state index contributed by atoms with van der Waals surface area (Å²) in [5, 5.41) is 6.53. The van der Waals surface area contributed by atoms with E-state index in [-0.39, 0.29) is 24.4 Å². The van der Waals surface area contributed by atoms with Gasteiger partial charge in [0.2, 0.25) is 5.91 Å². The largest absolute Gasteiger partial charge is 0.497 e. The first-order valence-corrected chi connectivity index (χ1v) is 7.87. The summed E-state index contributed by atoms with van der Waals surface area (Å²) in [6.45, 7) is 3.16. The maximum atomic E-state index is 12.1. The maximum absolute atomic E-state index is 12.1. The van der Waals surface area contributed by atoms with Crippen molar-refractivity contribution in [3.63, 3.8) is 0 Å². The number of benzene rings is 1. The van der Waals surface area contributed by atoms with Crippen molar-refractivity contribution in [1.29, 1.82) is 0 Å². The highest BCUT2D eigenvalue weighted by atomic mass is 35.5. The average Bonchev–Trinajstić information content (AvgIpc) is 2.54. The van der Waals surface area contributed by atoms with Crippen LogP contribution in [0.3, 0.4) is 0 Å². The monoisotopic (exact) mass is 342 g/mol. The number of hydrogen-bond acceptors (Lipinski definition) is 4. The number of methoxy groups -OCH3 is 2. The van der Waals surface area contributed by atoms with Crippen molar-refractivity contribution in [2.45, 2.75) is 44.7 Å². The fraction of sp³-hybridized carbons (Fsp3) is 0.588. The van der Waals surface area contributed by atoms with Crippen molar-refractivity contribution in [1.82, 2.24) is 10.6 Å². The van der Waals surface area contributed by atoms with E-state index < -0.39 is 0 Å². The molecule has 1 fully saturated rings. The molecule has 1 aromatic carbocycles. The molecule has 0 aliphatic carbocycles. The normalized spacial score (nSPS) is 20.3. The van der Waals surface area contributed by atoms with Crippen molar-refractivity contribution >= 4 is 18.3 Å². The zero-order chi connectivity index (χ0) is 15.9. The number of ether oxygens (including phenoxy) is 2. The zero-order valence-electron chi connectivity index (χ0n) is 14.1. The third kappa shape index (κ3) is 5.92. The summed E-state index contributed by atoms with van der Waals surface area (Å²) in [6.07, 6.45) is 3.31. The van der Waals surface area contributed by atoms with E-state index in [1.165, 1.54) is 0 Å². The molecule has 1 saturated heterocycles. The van der Waals surface area contributed by atoms with Crippen molar-refractivity contribution in [3.05, 3.63) is 23.8 Å². The molecule has 0 spiro atoms. The highest BCUT2D eigenvalue weighted by Crippen LogP contribution is 2.23. The summed E-state index contributed by atoms with van der Waals surface area (Å²) in [4.78, 5) is 12.1. The number of carbonyl (C=O) groups excluding carboxylic acids is 1. The van der Waals surface area contributed by atoms with E-state index in [4.69, 9.17) is 9.47 Å². The van der Waals surface area contributed by atoms with Crippen LogP contribution in [0.25, 0.3) is 0 Å². The first-order chi connectivity index (χ1) is 10.6. The van der Waals surface area contributed by atoms with Gasteiger partial charge < -0.3 is 20.1 Å². The van der Waals surface area contributed by atoms with Gasteiger partial charge in [-0.15, -0.1) is 12.4 Å². The summed E-state index contributed by atoms with van der Waals surface area (Å²) >= 11 is 0. The van der Waals surface area contributed by atoms with Crippen LogP contribution in [0.1, 0.15) is 31.7 Å². The average molecular weight is 343 g/mol. The summed E-state index contributed by atoms with van der Waals surface area (Å²) in [7, 11) is 3.26. The third-order valence-electron chi connectivity index (χ3n) is 4.16. The summed E-state index contributed by atoms with van der Waals surface area (Å²) < 4.78 is 10.5. The predicted octanol–water partition coefficient (Wildman–Crippen LogP) is 2.31. The second kappa shape index (κ2) is 9.63. The molecule has 0 saturated carbocycles. The topological polar surface area (TPSA) is 59.6 Å². The number of aryl methyl sites for hydroxylation is 1. The zero-order valence-corrected chi connectivity index (χ0v) is 14.9. The fourth-order valence-electron chi connectivity index (χ4n) is 2.79. The van der Waals surface area contributed by atoms with Crippen LogP contribution in [0.5, 0.6) is 11.5 Å². The third-order valence-corrected chi connectivity index (χ3v) is 4.16. The Balaban J connectivity index is 0.00000264. The number of halogens is 1. The molecule has 0 aromatic heterocycles. The maximum Gasteiger partial charge on any atom is 0.220 e. The van der Waals surface area contributed by atoms with E-state index in [0.717, 1.165) is 36.4 Å². The molecule has 6 heteroatoms. The van der Waals surface area contributed by atoms with Crippen LogP contribution in [0, 0.1) is 0 Å². The van der Waals surface area contributed by atoms with Gasteiger partial charge in [-0.2, -0.15) is 0 Å². The Bertz CT molecular complexity index is 488. The number of hydrogen-bond donors (Lipinski definition) is 2. The number of amides is 1. The van der Waals surface area contributed by atoms with Crippen LogP contribution in [0.15, 0.2) is 18.2 Å². The molecule has 23 heavy (non-hydrogen) atoms. The molecule has 1 aliphatic rings.